The lowest BCUT2D eigenvalue weighted by atomic mass is 10.1. The van der Waals surface area contributed by atoms with Crippen molar-refractivity contribution in [2.24, 2.45) is 0 Å². The van der Waals surface area contributed by atoms with Gasteiger partial charge >= 0.3 is 5.97 Å². The van der Waals surface area contributed by atoms with E-state index < -0.39 is 0 Å². The molecule has 0 spiro atoms. The Morgan fingerprint density at radius 1 is 0.593 bits per heavy atom. The summed E-state index contributed by atoms with van der Waals surface area (Å²) in [5.74, 6) is 0.00493. The molecule has 0 aromatic heterocycles. The van der Waals surface area contributed by atoms with Crippen LogP contribution in [0.2, 0.25) is 0 Å². The van der Waals surface area contributed by atoms with Gasteiger partial charge in [-0.3, -0.25) is 4.79 Å². The van der Waals surface area contributed by atoms with Crippen molar-refractivity contribution in [1.29, 1.82) is 0 Å². The van der Waals surface area contributed by atoms with Crippen LogP contribution >= 0.6 is 0 Å². The van der Waals surface area contributed by atoms with Crippen LogP contribution in [0.15, 0.2) is 12.2 Å². The molecule has 0 fully saturated rings. The minimum Gasteiger partial charge on any atom is -0.466 e. The van der Waals surface area contributed by atoms with Gasteiger partial charge < -0.3 is 4.74 Å². The van der Waals surface area contributed by atoms with Gasteiger partial charge in [0.1, 0.15) is 0 Å². The van der Waals surface area contributed by atoms with Gasteiger partial charge in [0, 0.05) is 6.42 Å². The van der Waals surface area contributed by atoms with Crippen LogP contribution < -0.4 is 0 Å². The predicted molar refractivity (Wildman–Crippen MR) is 119 cm³/mol. The summed E-state index contributed by atoms with van der Waals surface area (Å²) in [5, 5.41) is 0. The quantitative estimate of drug-likeness (QED) is 0.113. The number of rotatable bonds is 21. The first-order valence-corrected chi connectivity index (χ1v) is 12.1. The van der Waals surface area contributed by atoms with Crippen LogP contribution in [-0.2, 0) is 9.53 Å². The summed E-state index contributed by atoms with van der Waals surface area (Å²) < 4.78 is 5.29. The molecule has 0 unspecified atom stereocenters. The molecule has 0 aliphatic carbocycles. The molecule has 0 amide bonds. The van der Waals surface area contributed by atoms with E-state index in [1.807, 2.05) is 0 Å². The van der Waals surface area contributed by atoms with Gasteiger partial charge in [0.25, 0.3) is 0 Å². The average Bonchev–Trinajstić information content (AvgIpc) is 2.67. The lowest BCUT2D eigenvalue weighted by Crippen LogP contribution is -2.05. The van der Waals surface area contributed by atoms with Crippen LogP contribution in [0.1, 0.15) is 136 Å². The van der Waals surface area contributed by atoms with Crippen LogP contribution in [0.3, 0.4) is 0 Å². The fourth-order valence-electron chi connectivity index (χ4n) is 3.30. The molecule has 0 saturated carbocycles. The molecule has 0 atom stereocenters. The molecule has 0 aromatic carbocycles. The van der Waals surface area contributed by atoms with E-state index in [4.69, 9.17) is 4.74 Å². The first kappa shape index (κ1) is 26.2. The van der Waals surface area contributed by atoms with E-state index in [1.54, 1.807) is 0 Å². The zero-order chi connectivity index (χ0) is 19.8. The van der Waals surface area contributed by atoms with Crippen LogP contribution in [0.25, 0.3) is 0 Å². The maximum atomic E-state index is 11.6. The molecule has 0 heterocycles. The third kappa shape index (κ3) is 23.2. The van der Waals surface area contributed by atoms with E-state index in [2.05, 4.69) is 26.0 Å². The molecular formula is C25H48O2. The van der Waals surface area contributed by atoms with Crippen molar-refractivity contribution < 1.29 is 9.53 Å². The standard InChI is InChI=1S/C25H48O2/c1-3-5-7-9-10-11-12-13-14-15-16-17-18-19-21-23-25(26)27-24-22-20-8-6-4-2/h12-13H,3-11,14-24H2,1-2H3/b13-12+. The van der Waals surface area contributed by atoms with Gasteiger partial charge in [-0.1, -0.05) is 103 Å². The number of unbranched alkanes of at least 4 members (excludes halogenated alkanes) is 15. The van der Waals surface area contributed by atoms with E-state index in [1.165, 1.54) is 103 Å². The Kier molecular flexibility index (Phi) is 22.6. The molecule has 0 aromatic rings. The summed E-state index contributed by atoms with van der Waals surface area (Å²) in [6, 6.07) is 0. The van der Waals surface area contributed by atoms with E-state index in [-0.39, 0.29) is 5.97 Å². The Balaban J connectivity index is 3.18. The Labute approximate surface area is 170 Å². The normalized spacial score (nSPS) is 11.3. The smallest absolute Gasteiger partial charge is 0.305 e. The van der Waals surface area contributed by atoms with Crippen LogP contribution in [0.4, 0.5) is 0 Å². The lowest BCUT2D eigenvalue weighted by molar-refractivity contribution is -0.143. The number of allylic oxidation sites excluding steroid dienone is 2. The number of hydrogen-bond donors (Lipinski definition) is 0. The summed E-state index contributed by atoms with van der Waals surface area (Å²) >= 11 is 0. The molecule has 2 heteroatoms. The van der Waals surface area contributed by atoms with Crippen molar-refractivity contribution in [3.8, 4) is 0 Å². The Bertz CT molecular complexity index is 322. The molecule has 0 N–H and O–H groups in total. The highest BCUT2D eigenvalue weighted by Crippen LogP contribution is 2.11. The van der Waals surface area contributed by atoms with E-state index >= 15 is 0 Å². The van der Waals surface area contributed by atoms with E-state index in [0.717, 1.165) is 12.8 Å². The topological polar surface area (TPSA) is 26.3 Å². The molecule has 160 valence electrons. The molecule has 0 aliphatic heterocycles. The molecule has 27 heavy (non-hydrogen) atoms. The fourth-order valence-corrected chi connectivity index (χ4v) is 3.30. The van der Waals surface area contributed by atoms with E-state index in [9.17, 15) is 4.79 Å². The zero-order valence-electron chi connectivity index (χ0n) is 18.6. The summed E-state index contributed by atoms with van der Waals surface area (Å²) in [4.78, 5) is 11.6. The summed E-state index contributed by atoms with van der Waals surface area (Å²) in [7, 11) is 0. The second-order valence-corrected chi connectivity index (χ2v) is 7.97. The summed E-state index contributed by atoms with van der Waals surface area (Å²) in [5.41, 5.74) is 0. The third-order valence-electron chi connectivity index (χ3n) is 5.15. The second kappa shape index (κ2) is 23.2. The highest BCUT2D eigenvalue weighted by Gasteiger charge is 2.02. The molecular weight excluding hydrogens is 332 g/mol. The van der Waals surface area contributed by atoms with Crippen molar-refractivity contribution >= 4 is 5.97 Å². The molecule has 0 saturated heterocycles. The number of hydrogen-bond acceptors (Lipinski definition) is 2. The van der Waals surface area contributed by atoms with E-state index in [0.29, 0.717) is 13.0 Å². The number of carbonyl (C=O) groups excluding carboxylic acids is 1. The minimum atomic E-state index is 0.00493. The molecule has 0 radical (unpaired) electrons. The zero-order valence-corrected chi connectivity index (χ0v) is 18.6. The minimum absolute atomic E-state index is 0.00493. The second-order valence-electron chi connectivity index (χ2n) is 7.97. The Hall–Kier alpha value is -0.790. The molecule has 2 nitrogen and oxygen atoms in total. The van der Waals surface area contributed by atoms with Crippen molar-refractivity contribution in [3.63, 3.8) is 0 Å². The van der Waals surface area contributed by atoms with Gasteiger partial charge in [-0.2, -0.15) is 0 Å². The Morgan fingerprint density at radius 3 is 1.59 bits per heavy atom. The maximum absolute atomic E-state index is 11.6. The Morgan fingerprint density at radius 2 is 1.04 bits per heavy atom. The summed E-state index contributed by atoms with van der Waals surface area (Å²) in [6.07, 6.45) is 28.1. The highest BCUT2D eigenvalue weighted by molar-refractivity contribution is 5.69. The van der Waals surface area contributed by atoms with Gasteiger partial charge in [-0.25, -0.2) is 0 Å². The van der Waals surface area contributed by atoms with Gasteiger partial charge in [0.05, 0.1) is 6.61 Å². The lowest BCUT2D eigenvalue weighted by Gasteiger charge is -2.05. The highest BCUT2D eigenvalue weighted by atomic mass is 16.5. The van der Waals surface area contributed by atoms with Crippen molar-refractivity contribution in [2.75, 3.05) is 6.61 Å². The van der Waals surface area contributed by atoms with Crippen molar-refractivity contribution in [1.82, 2.24) is 0 Å². The fraction of sp³-hybridized carbons (Fsp3) is 0.880. The van der Waals surface area contributed by atoms with Gasteiger partial charge in [-0.15, -0.1) is 0 Å². The van der Waals surface area contributed by atoms with Crippen molar-refractivity contribution in [2.45, 2.75) is 136 Å². The number of ether oxygens (including phenoxy) is 1. The number of esters is 1. The predicted octanol–water partition coefficient (Wildman–Crippen LogP) is 8.54. The van der Waals surface area contributed by atoms with Crippen LogP contribution in [0.5, 0.6) is 0 Å². The SMILES string of the molecule is CCCCCCC/C=C/CCCCCCCCC(=O)OCCCCCCC. The summed E-state index contributed by atoms with van der Waals surface area (Å²) in [6.45, 7) is 5.11. The van der Waals surface area contributed by atoms with Crippen LogP contribution in [-0.4, -0.2) is 12.6 Å². The average molecular weight is 381 g/mol. The molecule has 0 aliphatic rings. The van der Waals surface area contributed by atoms with Gasteiger partial charge in [-0.05, 0) is 38.5 Å². The largest absolute Gasteiger partial charge is 0.466 e. The molecule has 0 rings (SSSR count). The van der Waals surface area contributed by atoms with Crippen LogP contribution in [0, 0.1) is 0 Å². The molecule has 0 bridgehead atoms. The maximum Gasteiger partial charge on any atom is 0.305 e. The van der Waals surface area contributed by atoms with Gasteiger partial charge in [0.15, 0.2) is 0 Å². The monoisotopic (exact) mass is 380 g/mol. The number of carbonyl (C=O) groups is 1. The third-order valence-corrected chi connectivity index (χ3v) is 5.15. The first-order chi connectivity index (χ1) is 13.3. The van der Waals surface area contributed by atoms with Crippen molar-refractivity contribution in [3.05, 3.63) is 12.2 Å². The first-order valence-electron chi connectivity index (χ1n) is 12.1. The van der Waals surface area contributed by atoms with Gasteiger partial charge in [0.2, 0.25) is 0 Å².